The molecule has 0 radical (unpaired) electrons. The summed E-state index contributed by atoms with van der Waals surface area (Å²) < 4.78 is 0. The van der Waals surface area contributed by atoms with Crippen molar-refractivity contribution in [2.75, 3.05) is 19.6 Å². The molecule has 0 amide bonds. The molecular weight excluding hydrogens is 258 g/mol. The second-order valence-electron chi connectivity index (χ2n) is 6.28. The maximum absolute atomic E-state index is 11.2. The highest BCUT2D eigenvalue weighted by Gasteiger charge is 2.48. The molecule has 0 saturated carbocycles. The molecule has 2 nitrogen and oxygen atoms in total. The van der Waals surface area contributed by atoms with Crippen LogP contribution in [0, 0.1) is 5.41 Å². The molecule has 1 aromatic carbocycles. The lowest BCUT2D eigenvalue weighted by molar-refractivity contribution is -0.125. The topological polar surface area (TPSA) is 23.5 Å². The number of likely N-dealkylation sites (tertiary alicyclic amines) is 1. The van der Waals surface area contributed by atoms with E-state index in [9.17, 15) is 5.11 Å². The van der Waals surface area contributed by atoms with Gasteiger partial charge >= 0.3 is 0 Å². The smallest absolute Gasteiger partial charge is 0.0971 e. The summed E-state index contributed by atoms with van der Waals surface area (Å²) >= 11 is 5.94. The molecule has 3 heteroatoms. The molecule has 1 unspecified atom stereocenters. The quantitative estimate of drug-likeness (QED) is 0.914. The average Bonchev–Trinajstić information content (AvgIpc) is 2.35. The van der Waals surface area contributed by atoms with Gasteiger partial charge in [-0.1, -0.05) is 44.5 Å². The molecule has 1 N–H and O–H groups in total. The molecule has 1 aliphatic heterocycles. The Hall–Kier alpha value is -0.570. The monoisotopic (exact) mass is 281 g/mol. The first-order chi connectivity index (χ1) is 8.89. The van der Waals surface area contributed by atoms with E-state index in [4.69, 9.17) is 11.6 Å². The first-order valence-electron chi connectivity index (χ1n) is 7.10. The number of hydrogen-bond acceptors (Lipinski definition) is 2. The van der Waals surface area contributed by atoms with Crippen molar-refractivity contribution in [1.29, 1.82) is 0 Å². The highest BCUT2D eigenvalue weighted by Crippen LogP contribution is 2.46. The summed E-state index contributed by atoms with van der Waals surface area (Å²) in [7, 11) is 0. The van der Waals surface area contributed by atoms with Gasteiger partial charge in [-0.05, 0) is 37.1 Å². The Labute approximate surface area is 121 Å². The fraction of sp³-hybridized carbons (Fsp3) is 0.625. The minimum absolute atomic E-state index is 0.158. The van der Waals surface area contributed by atoms with Crippen molar-refractivity contribution in [3.63, 3.8) is 0 Å². The Kier molecular flexibility index (Phi) is 4.24. The summed E-state index contributed by atoms with van der Waals surface area (Å²) in [5.41, 5.74) is 0.0637. The predicted octanol–water partition coefficient (Wildman–Crippen LogP) is 3.67. The molecule has 1 aromatic rings. The summed E-state index contributed by atoms with van der Waals surface area (Å²) in [5, 5.41) is 11.9. The lowest BCUT2D eigenvalue weighted by Gasteiger charge is -2.50. The summed E-state index contributed by atoms with van der Waals surface area (Å²) in [6, 6.07) is 7.64. The van der Waals surface area contributed by atoms with Gasteiger partial charge in [0.25, 0.3) is 0 Å². The summed E-state index contributed by atoms with van der Waals surface area (Å²) in [5.74, 6) is 0. The van der Waals surface area contributed by atoms with Gasteiger partial charge < -0.3 is 10.0 Å². The van der Waals surface area contributed by atoms with E-state index in [1.165, 1.54) is 0 Å². The van der Waals surface area contributed by atoms with Crippen molar-refractivity contribution in [3.8, 4) is 0 Å². The van der Waals surface area contributed by atoms with E-state index in [1.807, 2.05) is 24.3 Å². The molecule has 2 rings (SSSR count). The van der Waals surface area contributed by atoms with E-state index in [2.05, 4.69) is 25.7 Å². The van der Waals surface area contributed by atoms with E-state index >= 15 is 0 Å². The third-order valence-corrected chi connectivity index (χ3v) is 4.64. The molecule has 19 heavy (non-hydrogen) atoms. The highest BCUT2D eigenvalue weighted by molar-refractivity contribution is 6.30. The van der Waals surface area contributed by atoms with Crippen molar-refractivity contribution in [2.45, 2.75) is 39.2 Å². The van der Waals surface area contributed by atoms with Crippen molar-refractivity contribution >= 4 is 11.6 Å². The van der Waals surface area contributed by atoms with Crippen LogP contribution in [-0.2, 0) is 5.60 Å². The molecule has 0 spiro atoms. The van der Waals surface area contributed by atoms with Crippen molar-refractivity contribution in [3.05, 3.63) is 34.9 Å². The second-order valence-corrected chi connectivity index (χ2v) is 6.71. The zero-order valence-corrected chi connectivity index (χ0v) is 12.9. The standard InChI is InChI=1S/C16H24ClNO/c1-4-10-18-11-9-16(19,15(2,3)12-18)13-5-7-14(17)8-6-13/h5-8,19H,4,9-12H2,1-3H3. The van der Waals surface area contributed by atoms with Crippen LogP contribution in [-0.4, -0.2) is 29.6 Å². The largest absolute Gasteiger partial charge is 0.385 e. The minimum Gasteiger partial charge on any atom is -0.385 e. The summed E-state index contributed by atoms with van der Waals surface area (Å²) in [6.07, 6.45) is 1.94. The van der Waals surface area contributed by atoms with E-state index in [0.29, 0.717) is 5.02 Å². The van der Waals surface area contributed by atoms with E-state index in [-0.39, 0.29) is 5.41 Å². The number of benzene rings is 1. The van der Waals surface area contributed by atoms with Gasteiger partial charge in [0.05, 0.1) is 5.60 Å². The molecule has 1 heterocycles. The lowest BCUT2D eigenvalue weighted by atomic mass is 9.66. The number of piperidine rings is 1. The van der Waals surface area contributed by atoms with Crippen LogP contribution >= 0.6 is 11.6 Å². The summed E-state index contributed by atoms with van der Waals surface area (Å²) in [4.78, 5) is 2.45. The van der Waals surface area contributed by atoms with Crippen LogP contribution in [0.25, 0.3) is 0 Å². The summed E-state index contributed by atoms with van der Waals surface area (Å²) in [6.45, 7) is 9.51. The third-order valence-electron chi connectivity index (χ3n) is 4.39. The number of hydrogen-bond donors (Lipinski definition) is 1. The molecule has 1 aliphatic rings. The van der Waals surface area contributed by atoms with E-state index in [1.54, 1.807) is 0 Å². The third kappa shape index (κ3) is 2.81. The Balaban J connectivity index is 2.25. The first-order valence-corrected chi connectivity index (χ1v) is 7.47. The van der Waals surface area contributed by atoms with Crippen molar-refractivity contribution < 1.29 is 5.11 Å². The molecule has 0 aromatic heterocycles. The van der Waals surface area contributed by atoms with Crippen molar-refractivity contribution in [2.24, 2.45) is 5.41 Å². The molecule has 0 bridgehead atoms. The zero-order chi connectivity index (χ0) is 14.1. The number of halogens is 1. The average molecular weight is 282 g/mol. The van der Waals surface area contributed by atoms with Crippen molar-refractivity contribution in [1.82, 2.24) is 4.90 Å². The molecule has 0 aliphatic carbocycles. The maximum Gasteiger partial charge on any atom is 0.0971 e. The van der Waals surface area contributed by atoms with Crippen LogP contribution in [0.15, 0.2) is 24.3 Å². The first kappa shape index (κ1) is 14.8. The Morgan fingerprint density at radius 1 is 1.26 bits per heavy atom. The van der Waals surface area contributed by atoms with Gasteiger partial charge in [-0.25, -0.2) is 0 Å². The fourth-order valence-corrected chi connectivity index (χ4v) is 3.32. The lowest BCUT2D eigenvalue weighted by Crippen LogP contribution is -2.55. The Morgan fingerprint density at radius 2 is 1.89 bits per heavy atom. The van der Waals surface area contributed by atoms with Crippen LogP contribution in [0.2, 0.25) is 5.02 Å². The van der Waals surface area contributed by atoms with E-state index in [0.717, 1.165) is 38.0 Å². The number of nitrogens with zero attached hydrogens (tertiary/aromatic N) is 1. The van der Waals surface area contributed by atoms with Gasteiger partial charge in [-0.15, -0.1) is 0 Å². The van der Waals surface area contributed by atoms with Crippen LogP contribution in [0.5, 0.6) is 0 Å². The SMILES string of the molecule is CCCN1CCC(O)(c2ccc(Cl)cc2)C(C)(C)C1. The van der Waals surface area contributed by atoms with Crippen LogP contribution in [0.1, 0.15) is 39.2 Å². The second kappa shape index (κ2) is 5.43. The van der Waals surface area contributed by atoms with Gasteiger partial charge in [0.15, 0.2) is 0 Å². The molecule has 1 fully saturated rings. The highest BCUT2D eigenvalue weighted by atomic mass is 35.5. The van der Waals surface area contributed by atoms with Crippen LogP contribution in [0.4, 0.5) is 0 Å². The molecule has 1 saturated heterocycles. The van der Waals surface area contributed by atoms with Gasteiger partial charge in [-0.2, -0.15) is 0 Å². The van der Waals surface area contributed by atoms with Gasteiger partial charge in [0, 0.05) is 23.5 Å². The minimum atomic E-state index is -0.762. The predicted molar refractivity (Wildman–Crippen MR) is 80.5 cm³/mol. The van der Waals surface area contributed by atoms with Gasteiger partial charge in [0.1, 0.15) is 0 Å². The maximum atomic E-state index is 11.2. The van der Waals surface area contributed by atoms with E-state index < -0.39 is 5.60 Å². The molecule has 1 atom stereocenters. The fourth-order valence-electron chi connectivity index (χ4n) is 3.19. The van der Waals surface area contributed by atoms with Gasteiger partial charge in [-0.3, -0.25) is 0 Å². The number of aliphatic hydroxyl groups is 1. The zero-order valence-electron chi connectivity index (χ0n) is 12.1. The normalized spacial score (nSPS) is 27.4. The number of rotatable bonds is 3. The van der Waals surface area contributed by atoms with Gasteiger partial charge in [0.2, 0.25) is 0 Å². The van der Waals surface area contributed by atoms with Crippen LogP contribution in [0.3, 0.4) is 0 Å². The molecular formula is C16H24ClNO. The Morgan fingerprint density at radius 3 is 2.42 bits per heavy atom. The van der Waals surface area contributed by atoms with Crippen LogP contribution < -0.4 is 0 Å². The molecule has 106 valence electrons. The Bertz CT molecular complexity index is 429.